The summed E-state index contributed by atoms with van der Waals surface area (Å²) in [4.78, 5) is 5.56. The fraction of sp³-hybridized carbons (Fsp3) is 0.667. The van der Waals surface area contributed by atoms with Gasteiger partial charge in [0.1, 0.15) is 0 Å². The number of hydrogen-bond donors (Lipinski definition) is 1. The Morgan fingerprint density at radius 2 is 2.31 bits per heavy atom. The Morgan fingerprint density at radius 1 is 1.54 bits per heavy atom. The normalized spacial score (nSPS) is 18.8. The quantitative estimate of drug-likeness (QED) is 0.784. The summed E-state index contributed by atoms with van der Waals surface area (Å²) in [5.41, 5.74) is 0. The second-order valence-electron chi connectivity index (χ2n) is 3.26. The predicted molar refractivity (Wildman–Crippen MR) is 53.5 cm³/mol. The minimum Gasteiger partial charge on any atom is -0.473 e. The fourth-order valence-corrected chi connectivity index (χ4v) is 2.56. The molecule has 0 spiro atoms. The van der Waals surface area contributed by atoms with Crippen LogP contribution < -0.4 is 10.1 Å². The molecule has 2 rings (SSSR count). The van der Waals surface area contributed by atoms with Gasteiger partial charge in [-0.2, -0.15) is 0 Å². The number of piperidine rings is 1. The molecule has 0 amide bonds. The van der Waals surface area contributed by atoms with Crippen molar-refractivity contribution in [3.05, 3.63) is 11.1 Å². The van der Waals surface area contributed by atoms with E-state index in [0.29, 0.717) is 5.92 Å². The number of rotatable bonds is 2. The summed E-state index contributed by atoms with van der Waals surface area (Å²) in [6, 6.07) is 0. The zero-order valence-corrected chi connectivity index (χ0v) is 8.56. The summed E-state index contributed by atoms with van der Waals surface area (Å²) in [5.74, 6) is 0.697. The van der Waals surface area contributed by atoms with Crippen LogP contribution in [0.2, 0.25) is 0 Å². The van der Waals surface area contributed by atoms with Crippen molar-refractivity contribution in [2.24, 2.45) is 0 Å². The van der Waals surface area contributed by atoms with E-state index in [4.69, 9.17) is 4.74 Å². The summed E-state index contributed by atoms with van der Waals surface area (Å²) in [7, 11) is 1.67. The van der Waals surface area contributed by atoms with Crippen LogP contribution in [0.15, 0.2) is 6.20 Å². The highest BCUT2D eigenvalue weighted by Crippen LogP contribution is 2.32. The summed E-state index contributed by atoms with van der Waals surface area (Å²) in [6.45, 7) is 2.26. The lowest BCUT2D eigenvalue weighted by Gasteiger charge is -2.20. The van der Waals surface area contributed by atoms with E-state index in [-0.39, 0.29) is 0 Å². The predicted octanol–water partition coefficient (Wildman–Crippen LogP) is 1.62. The molecule has 1 saturated heterocycles. The topological polar surface area (TPSA) is 34.1 Å². The first-order chi connectivity index (χ1) is 6.40. The van der Waals surface area contributed by atoms with Gasteiger partial charge in [0, 0.05) is 11.1 Å². The van der Waals surface area contributed by atoms with Gasteiger partial charge in [-0.25, -0.2) is 4.98 Å². The first-order valence-electron chi connectivity index (χ1n) is 4.60. The van der Waals surface area contributed by atoms with Crippen LogP contribution in [-0.2, 0) is 0 Å². The summed E-state index contributed by atoms with van der Waals surface area (Å²) >= 11 is 1.68. The Hall–Kier alpha value is -0.610. The van der Waals surface area contributed by atoms with Gasteiger partial charge in [0.25, 0.3) is 5.19 Å². The Kier molecular flexibility index (Phi) is 2.80. The molecule has 0 atom stereocenters. The molecule has 4 heteroatoms. The van der Waals surface area contributed by atoms with E-state index in [9.17, 15) is 0 Å². The summed E-state index contributed by atoms with van der Waals surface area (Å²) in [6.07, 6.45) is 4.41. The largest absolute Gasteiger partial charge is 0.473 e. The van der Waals surface area contributed by atoms with Crippen LogP contribution >= 0.6 is 11.3 Å². The van der Waals surface area contributed by atoms with Crippen molar-refractivity contribution >= 4 is 11.3 Å². The van der Waals surface area contributed by atoms with Crippen molar-refractivity contribution in [3.8, 4) is 5.19 Å². The molecule has 1 aromatic heterocycles. The molecular formula is C9H14N2OS. The maximum Gasteiger partial charge on any atom is 0.273 e. The molecule has 1 fully saturated rings. The molecule has 1 aromatic rings. The molecule has 1 aliphatic rings. The average molecular weight is 198 g/mol. The van der Waals surface area contributed by atoms with Gasteiger partial charge in [-0.15, -0.1) is 0 Å². The Bertz CT molecular complexity index is 268. The van der Waals surface area contributed by atoms with E-state index < -0.39 is 0 Å². The van der Waals surface area contributed by atoms with Crippen LogP contribution in [0.3, 0.4) is 0 Å². The van der Waals surface area contributed by atoms with Gasteiger partial charge in [-0.05, 0) is 31.8 Å². The molecule has 1 N–H and O–H groups in total. The molecule has 0 saturated carbocycles. The zero-order valence-electron chi connectivity index (χ0n) is 7.75. The molecule has 13 heavy (non-hydrogen) atoms. The molecule has 0 unspecified atom stereocenters. The fourth-order valence-electron chi connectivity index (χ4n) is 1.66. The van der Waals surface area contributed by atoms with Crippen LogP contribution in [0.1, 0.15) is 23.6 Å². The van der Waals surface area contributed by atoms with E-state index in [1.54, 1.807) is 18.4 Å². The lowest BCUT2D eigenvalue weighted by Crippen LogP contribution is -2.26. The van der Waals surface area contributed by atoms with Crippen molar-refractivity contribution in [2.45, 2.75) is 18.8 Å². The Labute approximate surface area is 82.1 Å². The zero-order chi connectivity index (χ0) is 9.10. The average Bonchev–Trinajstić information content (AvgIpc) is 2.67. The minimum atomic E-state index is 0.697. The molecule has 2 heterocycles. The number of nitrogens with zero attached hydrogens (tertiary/aromatic N) is 1. The van der Waals surface area contributed by atoms with Crippen LogP contribution in [0.4, 0.5) is 0 Å². The third-order valence-corrected chi connectivity index (χ3v) is 3.54. The van der Waals surface area contributed by atoms with Crippen LogP contribution in [0, 0.1) is 0 Å². The molecule has 0 aliphatic carbocycles. The SMILES string of the molecule is COc1ncc(C2CCNCC2)s1. The van der Waals surface area contributed by atoms with Gasteiger partial charge in [-0.3, -0.25) is 0 Å². The molecular weight excluding hydrogens is 184 g/mol. The van der Waals surface area contributed by atoms with Gasteiger partial charge in [0.05, 0.1) is 7.11 Å². The number of aromatic nitrogens is 1. The van der Waals surface area contributed by atoms with Crippen molar-refractivity contribution in [1.29, 1.82) is 0 Å². The van der Waals surface area contributed by atoms with Crippen LogP contribution in [0.25, 0.3) is 0 Å². The lowest BCUT2D eigenvalue weighted by molar-refractivity contribution is 0.412. The summed E-state index contributed by atoms with van der Waals surface area (Å²) < 4.78 is 5.08. The van der Waals surface area contributed by atoms with E-state index >= 15 is 0 Å². The van der Waals surface area contributed by atoms with Crippen molar-refractivity contribution in [1.82, 2.24) is 10.3 Å². The molecule has 72 valence electrons. The second kappa shape index (κ2) is 4.07. The molecule has 0 bridgehead atoms. The monoisotopic (exact) mass is 198 g/mol. The highest BCUT2D eigenvalue weighted by molar-refractivity contribution is 7.13. The summed E-state index contributed by atoms with van der Waals surface area (Å²) in [5, 5.41) is 4.14. The third-order valence-electron chi connectivity index (χ3n) is 2.42. The van der Waals surface area contributed by atoms with Crippen molar-refractivity contribution in [2.75, 3.05) is 20.2 Å². The minimum absolute atomic E-state index is 0.697. The number of hydrogen-bond acceptors (Lipinski definition) is 4. The van der Waals surface area contributed by atoms with Crippen molar-refractivity contribution in [3.63, 3.8) is 0 Å². The van der Waals surface area contributed by atoms with Gasteiger partial charge in [0.15, 0.2) is 0 Å². The van der Waals surface area contributed by atoms with Crippen LogP contribution in [0.5, 0.6) is 5.19 Å². The highest BCUT2D eigenvalue weighted by Gasteiger charge is 2.17. The first kappa shape index (κ1) is 8.97. The third kappa shape index (κ3) is 2.00. The van der Waals surface area contributed by atoms with Crippen LogP contribution in [-0.4, -0.2) is 25.2 Å². The lowest BCUT2D eigenvalue weighted by atomic mass is 9.97. The number of thiazole rings is 1. The number of nitrogens with one attached hydrogen (secondary N) is 1. The first-order valence-corrected chi connectivity index (χ1v) is 5.42. The number of methoxy groups -OCH3 is 1. The van der Waals surface area contributed by atoms with E-state index in [2.05, 4.69) is 10.3 Å². The van der Waals surface area contributed by atoms with E-state index in [1.165, 1.54) is 17.7 Å². The highest BCUT2D eigenvalue weighted by atomic mass is 32.1. The van der Waals surface area contributed by atoms with Gasteiger partial charge in [0.2, 0.25) is 0 Å². The van der Waals surface area contributed by atoms with E-state index in [1.807, 2.05) is 6.20 Å². The van der Waals surface area contributed by atoms with Gasteiger partial charge >= 0.3 is 0 Å². The van der Waals surface area contributed by atoms with Crippen molar-refractivity contribution < 1.29 is 4.74 Å². The standard InChI is InChI=1S/C9H14N2OS/c1-12-9-11-6-8(13-9)7-2-4-10-5-3-7/h6-7,10H,2-5H2,1H3. The molecule has 3 nitrogen and oxygen atoms in total. The second-order valence-corrected chi connectivity index (χ2v) is 4.28. The molecule has 1 aliphatic heterocycles. The Balaban J connectivity index is 2.05. The number of ether oxygens (including phenoxy) is 1. The maximum absolute atomic E-state index is 5.08. The smallest absolute Gasteiger partial charge is 0.273 e. The molecule has 0 aromatic carbocycles. The van der Waals surface area contributed by atoms with Gasteiger partial charge in [-0.1, -0.05) is 11.3 Å². The van der Waals surface area contributed by atoms with Gasteiger partial charge < -0.3 is 10.1 Å². The maximum atomic E-state index is 5.08. The van der Waals surface area contributed by atoms with E-state index in [0.717, 1.165) is 18.3 Å². The Morgan fingerprint density at radius 3 is 2.92 bits per heavy atom. The molecule has 0 radical (unpaired) electrons.